The summed E-state index contributed by atoms with van der Waals surface area (Å²) in [6.07, 6.45) is 3.82. The Kier molecular flexibility index (Phi) is 5.93. The van der Waals surface area contributed by atoms with Gasteiger partial charge in [0, 0.05) is 38.1 Å². The minimum Gasteiger partial charge on any atom is -0.497 e. The molecule has 0 aliphatic rings. The SMILES string of the molecule is COc1cccc(-c2cc(C(=O)NCCNc3ccc(-n4cccc4)nn3)n(C)n2)c1. The predicted molar refractivity (Wildman–Crippen MR) is 117 cm³/mol. The number of amides is 1. The van der Waals surface area contributed by atoms with Gasteiger partial charge in [-0.25, -0.2) is 0 Å². The third kappa shape index (κ3) is 4.72. The number of hydrogen-bond donors (Lipinski definition) is 2. The van der Waals surface area contributed by atoms with Gasteiger partial charge >= 0.3 is 0 Å². The first-order chi connectivity index (χ1) is 15.1. The largest absolute Gasteiger partial charge is 0.497 e. The molecule has 4 rings (SSSR count). The number of benzene rings is 1. The van der Waals surface area contributed by atoms with E-state index in [2.05, 4.69) is 25.9 Å². The van der Waals surface area contributed by atoms with Crippen molar-refractivity contribution in [1.29, 1.82) is 0 Å². The number of nitrogens with one attached hydrogen (secondary N) is 2. The van der Waals surface area contributed by atoms with Gasteiger partial charge in [0.2, 0.25) is 0 Å². The highest BCUT2D eigenvalue weighted by Crippen LogP contribution is 2.23. The molecular weight excluding hydrogens is 394 g/mol. The molecule has 0 aliphatic heterocycles. The summed E-state index contributed by atoms with van der Waals surface area (Å²) in [7, 11) is 3.37. The maximum Gasteiger partial charge on any atom is 0.269 e. The van der Waals surface area contributed by atoms with Gasteiger partial charge in [-0.2, -0.15) is 5.10 Å². The van der Waals surface area contributed by atoms with Gasteiger partial charge in [0.1, 0.15) is 17.3 Å². The zero-order chi connectivity index (χ0) is 21.6. The Labute approximate surface area is 179 Å². The number of carbonyl (C=O) groups excluding carboxylic acids is 1. The highest BCUT2D eigenvalue weighted by atomic mass is 16.5. The average Bonchev–Trinajstić information content (AvgIpc) is 3.47. The smallest absolute Gasteiger partial charge is 0.269 e. The van der Waals surface area contributed by atoms with Crippen molar-refractivity contribution < 1.29 is 9.53 Å². The summed E-state index contributed by atoms with van der Waals surface area (Å²) >= 11 is 0. The van der Waals surface area contributed by atoms with Crippen molar-refractivity contribution >= 4 is 11.7 Å². The predicted octanol–water partition coefficient (Wildman–Crippen LogP) is 2.52. The molecule has 0 spiro atoms. The van der Waals surface area contributed by atoms with E-state index in [0.717, 1.165) is 17.1 Å². The fourth-order valence-corrected chi connectivity index (χ4v) is 3.10. The number of rotatable bonds is 8. The molecule has 158 valence electrons. The lowest BCUT2D eigenvalue weighted by molar-refractivity contribution is 0.0946. The molecule has 3 heterocycles. The first kappa shape index (κ1) is 20.1. The molecule has 9 heteroatoms. The molecule has 0 fully saturated rings. The van der Waals surface area contributed by atoms with Crippen LogP contribution in [-0.4, -0.2) is 50.7 Å². The van der Waals surface area contributed by atoms with Gasteiger partial charge in [-0.1, -0.05) is 12.1 Å². The summed E-state index contributed by atoms with van der Waals surface area (Å²) in [4.78, 5) is 12.6. The second-order valence-corrected chi connectivity index (χ2v) is 6.82. The van der Waals surface area contributed by atoms with E-state index >= 15 is 0 Å². The van der Waals surface area contributed by atoms with E-state index in [1.807, 2.05) is 65.5 Å². The van der Waals surface area contributed by atoms with E-state index in [1.54, 1.807) is 24.9 Å². The van der Waals surface area contributed by atoms with Crippen LogP contribution in [0.4, 0.5) is 5.82 Å². The van der Waals surface area contributed by atoms with Gasteiger partial charge in [-0.05, 0) is 42.5 Å². The van der Waals surface area contributed by atoms with Gasteiger partial charge in [0.15, 0.2) is 5.82 Å². The van der Waals surface area contributed by atoms with Gasteiger partial charge in [0.25, 0.3) is 5.91 Å². The minimum atomic E-state index is -0.194. The van der Waals surface area contributed by atoms with Crippen molar-refractivity contribution in [2.24, 2.45) is 7.05 Å². The molecule has 2 N–H and O–H groups in total. The van der Waals surface area contributed by atoms with Crippen LogP contribution in [0.15, 0.2) is 67.0 Å². The van der Waals surface area contributed by atoms with Crippen LogP contribution >= 0.6 is 0 Å². The zero-order valence-corrected chi connectivity index (χ0v) is 17.3. The number of nitrogens with zero attached hydrogens (tertiary/aromatic N) is 5. The van der Waals surface area contributed by atoms with Gasteiger partial charge in [-0.15, -0.1) is 10.2 Å². The molecule has 9 nitrogen and oxygen atoms in total. The van der Waals surface area contributed by atoms with Crippen molar-refractivity contribution in [3.05, 3.63) is 72.7 Å². The van der Waals surface area contributed by atoms with Crippen LogP contribution < -0.4 is 15.4 Å². The van der Waals surface area contributed by atoms with Crippen LogP contribution in [0.1, 0.15) is 10.5 Å². The summed E-state index contributed by atoms with van der Waals surface area (Å²) in [5.41, 5.74) is 2.08. The molecule has 1 aromatic carbocycles. The van der Waals surface area contributed by atoms with E-state index in [9.17, 15) is 4.79 Å². The van der Waals surface area contributed by atoms with Crippen LogP contribution in [0.3, 0.4) is 0 Å². The fourth-order valence-electron chi connectivity index (χ4n) is 3.10. The molecule has 0 atom stereocenters. The molecule has 0 bridgehead atoms. The Balaban J connectivity index is 1.30. The van der Waals surface area contributed by atoms with E-state index in [-0.39, 0.29) is 5.91 Å². The second kappa shape index (κ2) is 9.12. The maximum absolute atomic E-state index is 12.6. The second-order valence-electron chi connectivity index (χ2n) is 6.82. The van der Waals surface area contributed by atoms with Gasteiger partial charge < -0.3 is 19.9 Å². The molecule has 0 unspecified atom stereocenters. The summed E-state index contributed by atoms with van der Waals surface area (Å²) in [6, 6.07) is 16.9. The zero-order valence-electron chi connectivity index (χ0n) is 17.3. The first-order valence-electron chi connectivity index (χ1n) is 9.81. The lowest BCUT2D eigenvalue weighted by Gasteiger charge is -2.08. The summed E-state index contributed by atoms with van der Waals surface area (Å²) in [5.74, 6) is 1.93. The molecule has 3 aromatic heterocycles. The van der Waals surface area contributed by atoms with Crippen molar-refractivity contribution in [2.75, 3.05) is 25.5 Å². The van der Waals surface area contributed by atoms with E-state index in [4.69, 9.17) is 4.74 Å². The lowest BCUT2D eigenvalue weighted by atomic mass is 10.1. The van der Waals surface area contributed by atoms with E-state index < -0.39 is 0 Å². The van der Waals surface area contributed by atoms with Crippen LogP contribution in [0.25, 0.3) is 17.1 Å². The van der Waals surface area contributed by atoms with Gasteiger partial charge in [0.05, 0.1) is 12.8 Å². The summed E-state index contributed by atoms with van der Waals surface area (Å²) in [5, 5.41) is 18.8. The number of aryl methyl sites for hydroxylation is 1. The van der Waals surface area contributed by atoms with E-state index in [1.165, 1.54) is 0 Å². The van der Waals surface area contributed by atoms with Crippen LogP contribution in [0, 0.1) is 0 Å². The van der Waals surface area contributed by atoms with Crippen molar-refractivity contribution in [3.63, 3.8) is 0 Å². The van der Waals surface area contributed by atoms with Gasteiger partial charge in [-0.3, -0.25) is 9.48 Å². The third-order valence-electron chi connectivity index (χ3n) is 4.71. The molecule has 31 heavy (non-hydrogen) atoms. The Morgan fingerprint density at radius 3 is 2.61 bits per heavy atom. The number of aromatic nitrogens is 5. The normalized spacial score (nSPS) is 10.6. The first-order valence-corrected chi connectivity index (χ1v) is 9.81. The summed E-state index contributed by atoms with van der Waals surface area (Å²) < 4.78 is 8.71. The van der Waals surface area contributed by atoms with Crippen molar-refractivity contribution in [1.82, 2.24) is 29.9 Å². The molecule has 1 amide bonds. The van der Waals surface area contributed by atoms with Crippen molar-refractivity contribution in [3.8, 4) is 22.8 Å². The minimum absolute atomic E-state index is 0.194. The monoisotopic (exact) mass is 417 g/mol. The highest BCUT2D eigenvalue weighted by Gasteiger charge is 2.14. The quantitative estimate of drug-likeness (QED) is 0.428. The highest BCUT2D eigenvalue weighted by molar-refractivity contribution is 5.93. The molecule has 4 aromatic rings. The number of carbonyl (C=O) groups is 1. The fraction of sp³-hybridized carbons (Fsp3) is 0.182. The van der Waals surface area contributed by atoms with Crippen LogP contribution in [-0.2, 0) is 7.05 Å². The van der Waals surface area contributed by atoms with Crippen LogP contribution in [0.2, 0.25) is 0 Å². The average molecular weight is 417 g/mol. The number of hydrogen-bond acceptors (Lipinski definition) is 6. The standard InChI is InChI=1S/C22H23N7O2/c1-28-19(15-18(27-28)16-6-5-7-17(14-16)31-2)22(30)24-11-10-23-20-8-9-21(26-25-20)29-12-3-4-13-29/h3-9,12-15H,10-11H2,1-2H3,(H,23,25)(H,24,30). The summed E-state index contributed by atoms with van der Waals surface area (Å²) in [6.45, 7) is 0.948. The lowest BCUT2D eigenvalue weighted by Crippen LogP contribution is -2.30. The third-order valence-corrected chi connectivity index (χ3v) is 4.71. The van der Waals surface area contributed by atoms with Crippen LogP contribution in [0.5, 0.6) is 5.75 Å². The van der Waals surface area contributed by atoms with Crippen molar-refractivity contribution in [2.45, 2.75) is 0 Å². The molecule has 0 aliphatic carbocycles. The Hall–Kier alpha value is -4.14. The molecule has 0 saturated heterocycles. The Bertz CT molecular complexity index is 1150. The molecule has 0 saturated carbocycles. The number of anilines is 1. The Morgan fingerprint density at radius 1 is 1.03 bits per heavy atom. The number of methoxy groups -OCH3 is 1. The topological polar surface area (TPSA) is 98.9 Å². The Morgan fingerprint density at radius 2 is 1.87 bits per heavy atom. The molecular formula is C22H23N7O2. The maximum atomic E-state index is 12.6. The van der Waals surface area contributed by atoms with E-state index in [0.29, 0.717) is 30.3 Å². The molecule has 0 radical (unpaired) electrons. The number of ether oxygens (including phenoxy) is 1.